The van der Waals surface area contributed by atoms with Crippen LogP contribution in [-0.4, -0.2) is 30.0 Å². The lowest BCUT2D eigenvalue weighted by molar-refractivity contribution is -0.0765. The number of hydrogen-bond donors (Lipinski definition) is 1. The molecule has 0 saturated heterocycles. The van der Waals surface area contributed by atoms with Crippen molar-refractivity contribution < 1.29 is 22.8 Å². The highest BCUT2D eigenvalue weighted by Gasteiger charge is 2.46. The zero-order valence-electron chi connectivity index (χ0n) is 18.0. The number of rotatable bonds is 3. The minimum absolute atomic E-state index is 0.0266. The third-order valence-electron chi connectivity index (χ3n) is 5.94. The lowest BCUT2D eigenvalue weighted by Gasteiger charge is -2.41. The van der Waals surface area contributed by atoms with Crippen LogP contribution in [0, 0.1) is 0 Å². The first-order valence-electron chi connectivity index (χ1n) is 10.3. The van der Waals surface area contributed by atoms with E-state index in [2.05, 4.69) is 0 Å². The second-order valence-electron chi connectivity index (χ2n) is 8.61. The molecule has 2 heterocycles. The quantitative estimate of drug-likeness (QED) is 0.415. The van der Waals surface area contributed by atoms with Gasteiger partial charge in [0.05, 0.1) is 15.2 Å². The van der Waals surface area contributed by atoms with Crippen LogP contribution in [0.25, 0.3) is 11.0 Å². The summed E-state index contributed by atoms with van der Waals surface area (Å²) in [4.78, 5) is 13.2. The number of aromatic nitrogens is 1. The predicted octanol–water partition coefficient (Wildman–Crippen LogP) is 4.86. The van der Waals surface area contributed by atoms with Gasteiger partial charge in [0.2, 0.25) is 9.84 Å². The van der Waals surface area contributed by atoms with E-state index in [4.69, 9.17) is 32.5 Å². The zero-order chi connectivity index (χ0) is 24.4. The van der Waals surface area contributed by atoms with Gasteiger partial charge in [-0.05, 0) is 68.4 Å². The van der Waals surface area contributed by atoms with Gasteiger partial charge in [0.1, 0.15) is 23.5 Å². The van der Waals surface area contributed by atoms with E-state index in [-0.39, 0.29) is 20.8 Å². The van der Waals surface area contributed by atoms with Crippen LogP contribution in [0.5, 0.6) is 5.75 Å². The van der Waals surface area contributed by atoms with Gasteiger partial charge >= 0.3 is 0 Å². The van der Waals surface area contributed by atoms with Crippen molar-refractivity contribution in [3.63, 3.8) is 0 Å². The van der Waals surface area contributed by atoms with Crippen molar-refractivity contribution in [1.82, 2.24) is 4.74 Å². The topological polar surface area (TPSA) is 98.7 Å². The van der Waals surface area contributed by atoms with Gasteiger partial charge in [-0.1, -0.05) is 23.2 Å². The number of sulfone groups is 1. The first kappa shape index (κ1) is 23.0. The molecule has 0 amide bonds. The summed E-state index contributed by atoms with van der Waals surface area (Å²) < 4.78 is 39.4. The molecule has 10 heteroatoms. The summed E-state index contributed by atoms with van der Waals surface area (Å²) in [6, 6.07) is 13.7. The Bertz CT molecular complexity index is 1590. The number of nitrogens with zero attached hydrogens (tertiary/aromatic N) is 1. The second kappa shape index (κ2) is 7.88. The van der Waals surface area contributed by atoms with Gasteiger partial charge < -0.3 is 14.4 Å². The Kier molecular flexibility index (Phi) is 5.33. The van der Waals surface area contributed by atoms with E-state index in [1.54, 1.807) is 26.0 Å². The predicted molar refractivity (Wildman–Crippen MR) is 128 cm³/mol. The van der Waals surface area contributed by atoms with E-state index < -0.39 is 33.1 Å². The molecule has 1 aliphatic rings. The number of halogens is 2. The van der Waals surface area contributed by atoms with Gasteiger partial charge in [-0.25, -0.2) is 8.42 Å². The van der Waals surface area contributed by atoms with Crippen LogP contribution in [-0.2, 0) is 9.84 Å². The summed E-state index contributed by atoms with van der Waals surface area (Å²) in [5.74, 6) is 0.334. The van der Waals surface area contributed by atoms with Crippen molar-refractivity contribution in [2.45, 2.75) is 41.4 Å². The monoisotopic (exact) mass is 519 g/mol. The van der Waals surface area contributed by atoms with E-state index in [1.807, 2.05) is 0 Å². The minimum atomic E-state index is -3.91. The third-order valence-corrected chi connectivity index (χ3v) is 8.20. The first-order chi connectivity index (χ1) is 16.0. The van der Waals surface area contributed by atoms with Crippen molar-refractivity contribution in [2.24, 2.45) is 0 Å². The molecule has 2 atom stereocenters. The smallest absolute Gasteiger partial charge is 0.291 e. The fourth-order valence-electron chi connectivity index (χ4n) is 4.11. The SMILES string of the molecule is CC1(C)Oc2ccc(S(=O)(=O)c3ccc(Cl)cc3)cc2[C@@H](n2oc3cc(Cl)ccc3c2=O)[C@@H]1O. The Morgan fingerprint density at radius 3 is 2.29 bits per heavy atom. The molecule has 4 aromatic rings. The molecule has 34 heavy (non-hydrogen) atoms. The highest BCUT2D eigenvalue weighted by atomic mass is 35.5. The van der Waals surface area contributed by atoms with Gasteiger partial charge in [-0.3, -0.25) is 4.79 Å². The zero-order valence-corrected chi connectivity index (χ0v) is 20.4. The molecule has 0 bridgehead atoms. The van der Waals surface area contributed by atoms with Gasteiger partial charge in [0, 0.05) is 21.7 Å². The maximum Gasteiger partial charge on any atom is 0.291 e. The summed E-state index contributed by atoms with van der Waals surface area (Å²) in [5, 5.41) is 12.3. The fourth-order valence-corrected chi connectivity index (χ4v) is 5.70. The van der Waals surface area contributed by atoms with Gasteiger partial charge in [-0.2, -0.15) is 4.74 Å². The first-order valence-corrected chi connectivity index (χ1v) is 12.6. The Morgan fingerprint density at radius 1 is 0.941 bits per heavy atom. The number of fused-ring (bicyclic) bond motifs is 2. The summed E-state index contributed by atoms with van der Waals surface area (Å²) in [6.45, 7) is 3.35. The van der Waals surface area contributed by atoms with Crippen LogP contribution in [0.15, 0.2) is 79.8 Å². The molecule has 1 aliphatic heterocycles. The number of ether oxygens (including phenoxy) is 1. The van der Waals surface area contributed by atoms with Crippen molar-refractivity contribution in [1.29, 1.82) is 0 Å². The minimum Gasteiger partial charge on any atom is -0.485 e. The summed E-state index contributed by atoms with van der Waals surface area (Å²) in [7, 11) is -3.91. The average molecular weight is 520 g/mol. The lowest BCUT2D eigenvalue weighted by Crippen LogP contribution is -2.51. The molecule has 3 aromatic carbocycles. The molecule has 1 N–H and O–H groups in total. The van der Waals surface area contributed by atoms with Gasteiger partial charge in [0.15, 0.2) is 5.58 Å². The average Bonchev–Trinajstić information content (AvgIpc) is 3.09. The van der Waals surface area contributed by atoms with E-state index in [9.17, 15) is 18.3 Å². The Morgan fingerprint density at radius 2 is 1.59 bits per heavy atom. The Balaban J connectivity index is 1.72. The molecule has 1 aromatic heterocycles. The molecular weight excluding hydrogens is 501 g/mol. The van der Waals surface area contributed by atoms with Crippen LogP contribution in [0.4, 0.5) is 0 Å². The van der Waals surface area contributed by atoms with Crippen molar-refractivity contribution in [2.75, 3.05) is 0 Å². The molecular formula is C24H19Cl2NO6S. The van der Waals surface area contributed by atoms with Crippen LogP contribution >= 0.6 is 23.2 Å². The highest BCUT2D eigenvalue weighted by molar-refractivity contribution is 7.91. The molecule has 7 nitrogen and oxygen atoms in total. The highest BCUT2D eigenvalue weighted by Crippen LogP contribution is 2.43. The normalized spacial score (nSPS) is 19.6. The van der Waals surface area contributed by atoms with Crippen molar-refractivity contribution >= 4 is 44.0 Å². The molecule has 0 spiro atoms. The molecule has 0 unspecified atom stereocenters. The summed E-state index contributed by atoms with van der Waals surface area (Å²) in [5.41, 5.74) is -1.02. The maximum atomic E-state index is 13.3. The second-order valence-corrected chi connectivity index (χ2v) is 11.4. The third kappa shape index (κ3) is 3.62. The van der Waals surface area contributed by atoms with E-state index >= 15 is 0 Å². The molecule has 5 rings (SSSR count). The molecule has 0 radical (unpaired) electrons. The van der Waals surface area contributed by atoms with Crippen LogP contribution in [0.2, 0.25) is 10.0 Å². The largest absolute Gasteiger partial charge is 0.485 e. The number of aliphatic hydroxyl groups is 1. The van der Waals surface area contributed by atoms with E-state index in [0.717, 1.165) is 4.74 Å². The standard InChI is InChI=1S/C24H19Cl2NO6S/c1-24(2)22(28)21(27-23(29)17-9-5-14(26)11-20(17)33-27)18-12-16(8-10-19(18)32-24)34(30,31)15-6-3-13(25)4-7-15/h3-12,21-22,28H,1-2H3/t21-,22+/m1/s1. The van der Waals surface area contributed by atoms with Crippen LogP contribution in [0.3, 0.4) is 0 Å². The van der Waals surface area contributed by atoms with E-state index in [0.29, 0.717) is 21.4 Å². The molecule has 0 saturated carbocycles. The fraction of sp³-hybridized carbons (Fsp3) is 0.208. The Hall–Kier alpha value is -2.78. The van der Waals surface area contributed by atoms with Crippen LogP contribution in [0.1, 0.15) is 25.5 Å². The summed E-state index contributed by atoms with van der Waals surface area (Å²) in [6.07, 6.45) is -1.23. The summed E-state index contributed by atoms with van der Waals surface area (Å²) >= 11 is 11.9. The van der Waals surface area contributed by atoms with Crippen molar-refractivity contribution in [3.8, 4) is 5.75 Å². The van der Waals surface area contributed by atoms with E-state index in [1.165, 1.54) is 48.5 Å². The van der Waals surface area contributed by atoms with Crippen LogP contribution < -0.4 is 10.3 Å². The maximum absolute atomic E-state index is 13.3. The number of hydrogen-bond acceptors (Lipinski definition) is 6. The Labute approximate surface area is 205 Å². The van der Waals surface area contributed by atoms with Crippen molar-refractivity contribution in [3.05, 3.63) is 86.6 Å². The lowest BCUT2D eigenvalue weighted by atomic mass is 9.86. The molecule has 176 valence electrons. The molecule has 0 fully saturated rings. The number of benzene rings is 3. The van der Waals surface area contributed by atoms with Gasteiger partial charge in [-0.15, -0.1) is 0 Å². The number of aliphatic hydroxyl groups excluding tert-OH is 1. The molecule has 0 aliphatic carbocycles. The van der Waals surface area contributed by atoms with Gasteiger partial charge in [0.25, 0.3) is 5.56 Å².